The number of anilines is 1. The fourth-order valence-electron chi connectivity index (χ4n) is 4.50. The molecule has 158 valence electrons. The lowest BCUT2D eigenvalue weighted by atomic mass is 9.90. The fourth-order valence-corrected chi connectivity index (χ4v) is 4.98. The Labute approximate surface area is 191 Å². The molecular weight excluding hydrogens is 462 g/mol. The van der Waals surface area contributed by atoms with Crippen LogP contribution in [0.15, 0.2) is 58.1 Å². The Kier molecular flexibility index (Phi) is 6.79. The number of hydrogen-bond acceptors (Lipinski definition) is 3. The predicted octanol–water partition coefficient (Wildman–Crippen LogP) is 6.49. The van der Waals surface area contributed by atoms with Crippen LogP contribution in [0.1, 0.15) is 57.1 Å². The summed E-state index contributed by atoms with van der Waals surface area (Å²) in [6.07, 6.45) is 6.99. The second-order valence-electron chi connectivity index (χ2n) is 8.23. The Morgan fingerprint density at radius 3 is 2.40 bits per heavy atom. The smallest absolute Gasteiger partial charge is 0.268 e. The second-order valence-corrected chi connectivity index (χ2v) is 9.55. The summed E-state index contributed by atoms with van der Waals surface area (Å²) in [5.74, 6) is -0.112. The number of halogens is 2. The summed E-state index contributed by atoms with van der Waals surface area (Å²) in [7, 11) is 0. The molecule has 1 N–H and O–H groups in total. The molecule has 0 spiro atoms. The number of carbonyl (C=O) groups excluding carboxylic acids is 1. The first-order valence-electron chi connectivity index (χ1n) is 10.7. The molecule has 0 saturated heterocycles. The summed E-state index contributed by atoms with van der Waals surface area (Å²) in [5, 5.41) is 10.6. The van der Waals surface area contributed by atoms with E-state index in [2.05, 4.69) is 40.3 Å². The molecule has 1 saturated carbocycles. The lowest BCUT2D eigenvalue weighted by Crippen LogP contribution is -2.40. The average Bonchev–Trinajstić information content (AvgIpc) is 2.89. The Hall–Kier alpha value is -1.85. The molecule has 4 rings (SSSR count). The molecule has 1 aliphatic heterocycles. The van der Waals surface area contributed by atoms with Crippen LogP contribution < -0.4 is 10.3 Å². The Balaban J connectivity index is 1.65. The summed E-state index contributed by atoms with van der Waals surface area (Å²) in [4.78, 5) is 13.2. The maximum absolute atomic E-state index is 13.2. The minimum absolute atomic E-state index is 0.0499. The highest BCUT2D eigenvalue weighted by Crippen LogP contribution is 2.41. The molecule has 1 amide bonds. The van der Waals surface area contributed by atoms with Gasteiger partial charge in [-0.05, 0) is 42.7 Å². The number of carbonyl (C=O) groups is 1. The van der Waals surface area contributed by atoms with Crippen LogP contribution in [0.25, 0.3) is 0 Å². The minimum atomic E-state index is -0.0899. The monoisotopic (exact) mass is 487 g/mol. The molecule has 2 aromatic carbocycles. The van der Waals surface area contributed by atoms with Gasteiger partial charge in [-0.3, -0.25) is 9.80 Å². The SMILES string of the molecule is C[C@@H]1C(C(=O)NC2CCCCCC2)=NN(c2ccccc2Cl)[C@@H]1c1ccc(Br)cc1. The van der Waals surface area contributed by atoms with E-state index >= 15 is 0 Å². The molecule has 0 radical (unpaired) electrons. The molecule has 1 heterocycles. The fraction of sp³-hybridized carbons (Fsp3) is 0.417. The second kappa shape index (κ2) is 9.52. The van der Waals surface area contributed by atoms with Gasteiger partial charge in [0.25, 0.3) is 5.91 Å². The van der Waals surface area contributed by atoms with Gasteiger partial charge in [-0.25, -0.2) is 0 Å². The normalized spacial score (nSPS) is 22.5. The summed E-state index contributed by atoms with van der Waals surface area (Å²) in [6, 6.07) is 16.0. The largest absolute Gasteiger partial charge is 0.348 e. The molecule has 0 bridgehead atoms. The van der Waals surface area contributed by atoms with E-state index in [0.717, 1.165) is 28.6 Å². The molecule has 2 aliphatic rings. The van der Waals surface area contributed by atoms with E-state index in [0.29, 0.717) is 10.7 Å². The van der Waals surface area contributed by atoms with Gasteiger partial charge in [-0.1, -0.05) is 84.4 Å². The third kappa shape index (κ3) is 4.57. The summed E-state index contributed by atoms with van der Waals surface area (Å²) in [6.45, 7) is 2.08. The van der Waals surface area contributed by atoms with Crippen molar-refractivity contribution in [1.82, 2.24) is 5.32 Å². The van der Waals surface area contributed by atoms with Crippen molar-refractivity contribution in [2.45, 2.75) is 57.5 Å². The quantitative estimate of drug-likeness (QED) is 0.500. The van der Waals surface area contributed by atoms with Crippen LogP contribution in [-0.4, -0.2) is 17.7 Å². The zero-order valence-electron chi connectivity index (χ0n) is 17.2. The van der Waals surface area contributed by atoms with Crippen molar-refractivity contribution in [1.29, 1.82) is 0 Å². The van der Waals surface area contributed by atoms with Crippen LogP contribution in [0.5, 0.6) is 0 Å². The van der Waals surface area contributed by atoms with Crippen LogP contribution in [0.3, 0.4) is 0 Å². The molecule has 0 unspecified atom stereocenters. The van der Waals surface area contributed by atoms with E-state index in [-0.39, 0.29) is 23.9 Å². The first-order valence-corrected chi connectivity index (χ1v) is 11.9. The van der Waals surface area contributed by atoms with Crippen molar-refractivity contribution >= 4 is 44.8 Å². The molecule has 0 aromatic heterocycles. The van der Waals surface area contributed by atoms with Crippen LogP contribution >= 0.6 is 27.5 Å². The third-order valence-corrected chi connectivity index (χ3v) is 6.97. The van der Waals surface area contributed by atoms with Crippen molar-refractivity contribution < 1.29 is 4.79 Å². The van der Waals surface area contributed by atoms with Gasteiger partial charge in [0.1, 0.15) is 5.71 Å². The summed E-state index contributed by atoms with van der Waals surface area (Å²) in [5.41, 5.74) is 2.50. The van der Waals surface area contributed by atoms with Gasteiger partial charge in [0.15, 0.2) is 0 Å². The zero-order valence-corrected chi connectivity index (χ0v) is 19.5. The van der Waals surface area contributed by atoms with Crippen LogP contribution in [0.2, 0.25) is 5.02 Å². The molecule has 30 heavy (non-hydrogen) atoms. The maximum atomic E-state index is 13.2. The van der Waals surface area contributed by atoms with Gasteiger partial charge in [-0.2, -0.15) is 5.10 Å². The highest BCUT2D eigenvalue weighted by molar-refractivity contribution is 9.10. The summed E-state index contributed by atoms with van der Waals surface area (Å²) >= 11 is 10.0. The van der Waals surface area contributed by atoms with E-state index < -0.39 is 0 Å². The number of nitrogens with zero attached hydrogens (tertiary/aromatic N) is 2. The Bertz CT molecular complexity index is 922. The number of hydrazone groups is 1. The van der Waals surface area contributed by atoms with E-state index in [9.17, 15) is 4.79 Å². The predicted molar refractivity (Wildman–Crippen MR) is 127 cm³/mol. The minimum Gasteiger partial charge on any atom is -0.348 e. The van der Waals surface area contributed by atoms with Crippen LogP contribution in [-0.2, 0) is 4.79 Å². The van der Waals surface area contributed by atoms with Crippen LogP contribution in [0.4, 0.5) is 5.69 Å². The van der Waals surface area contributed by atoms with Crippen LogP contribution in [0, 0.1) is 5.92 Å². The molecule has 1 fully saturated rings. The van der Waals surface area contributed by atoms with E-state index in [1.54, 1.807) is 0 Å². The number of nitrogens with one attached hydrogen (secondary N) is 1. The Morgan fingerprint density at radius 1 is 1.07 bits per heavy atom. The molecule has 4 nitrogen and oxygen atoms in total. The lowest BCUT2D eigenvalue weighted by molar-refractivity contribution is -0.115. The topological polar surface area (TPSA) is 44.7 Å². The van der Waals surface area contributed by atoms with Gasteiger partial charge < -0.3 is 5.32 Å². The van der Waals surface area contributed by atoms with Crippen molar-refractivity contribution in [2.24, 2.45) is 11.0 Å². The maximum Gasteiger partial charge on any atom is 0.268 e. The zero-order chi connectivity index (χ0) is 21.1. The molecule has 2 atom stereocenters. The average molecular weight is 489 g/mol. The van der Waals surface area contributed by atoms with Gasteiger partial charge in [-0.15, -0.1) is 0 Å². The van der Waals surface area contributed by atoms with Gasteiger partial charge in [0.05, 0.1) is 16.8 Å². The van der Waals surface area contributed by atoms with E-state index in [1.165, 1.54) is 25.7 Å². The van der Waals surface area contributed by atoms with Crippen molar-refractivity contribution in [3.05, 3.63) is 63.6 Å². The number of para-hydroxylation sites is 1. The third-order valence-electron chi connectivity index (χ3n) is 6.12. The number of hydrogen-bond donors (Lipinski definition) is 1. The first-order chi connectivity index (χ1) is 14.5. The molecule has 1 aliphatic carbocycles. The highest BCUT2D eigenvalue weighted by Gasteiger charge is 2.40. The van der Waals surface area contributed by atoms with Crippen molar-refractivity contribution in [3.8, 4) is 0 Å². The highest BCUT2D eigenvalue weighted by atomic mass is 79.9. The molecule has 6 heteroatoms. The number of benzene rings is 2. The number of amides is 1. The van der Waals surface area contributed by atoms with E-state index in [4.69, 9.17) is 16.7 Å². The number of rotatable bonds is 4. The van der Waals surface area contributed by atoms with Crippen molar-refractivity contribution in [3.63, 3.8) is 0 Å². The Morgan fingerprint density at radius 2 is 1.73 bits per heavy atom. The van der Waals surface area contributed by atoms with Gasteiger partial charge in [0, 0.05) is 16.4 Å². The van der Waals surface area contributed by atoms with Gasteiger partial charge in [0.2, 0.25) is 0 Å². The van der Waals surface area contributed by atoms with Gasteiger partial charge >= 0.3 is 0 Å². The standard InChI is InChI=1S/C24H27BrClN3O/c1-16-22(24(30)27-19-8-4-2-3-5-9-19)28-29(21-11-7-6-10-20(21)26)23(16)17-12-14-18(25)15-13-17/h6-7,10-16,19,23H,2-5,8-9H2,1H3,(H,27,30)/t16-,23+/m1/s1. The lowest BCUT2D eigenvalue weighted by Gasteiger charge is -2.27. The molecular formula is C24H27BrClN3O. The van der Waals surface area contributed by atoms with Crippen molar-refractivity contribution in [2.75, 3.05) is 5.01 Å². The first kappa shape index (κ1) is 21.4. The summed E-state index contributed by atoms with van der Waals surface area (Å²) < 4.78 is 1.02. The molecule has 2 aromatic rings. The van der Waals surface area contributed by atoms with E-state index in [1.807, 2.05) is 41.4 Å².